The zero-order valence-corrected chi connectivity index (χ0v) is 16.2. The first-order valence-electron chi connectivity index (χ1n) is 8.70. The van der Waals surface area contributed by atoms with Crippen molar-refractivity contribution in [2.24, 2.45) is 0 Å². The molecule has 0 atom stereocenters. The Hall–Kier alpha value is -3.39. The molecule has 0 aliphatic heterocycles. The van der Waals surface area contributed by atoms with Crippen molar-refractivity contribution in [2.75, 3.05) is 5.73 Å². The number of hydrogen-bond donors (Lipinski definition) is 2. The van der Waals surface area contributed by atoms with Crippen LogP contribution in [0.15, 0.2) is 42.7 Å². The molecule has 1 amide bonds. The van der Waals surface area contributed by atoms with E-state index in [1.54, 1.807) is 12.4 Å². The van der Waals surface area contributed by atoms with E-state index in [1.807, 2.05) is 44.2 Å². The van der Waals surface area contributed by atoms with Crippen molar-refractivity contribution in [3.63, 3.8) is 0 Å². The van der Waals surface area contributed by atoms with E-state index in [4.69, 9.17) is 5.73 Å². The van der Waals surface area contributed by atoms with Crippen LogP contribution >= 0.6 is 11.3 Å². The summed E-state index contributed by atoms with van der Waals surface area (Å²) in [5.74, 6) is -0.208. The topological polar surface area (TPSA) is 107 Å². The highest BCUT2D eigenvalue weighted by Gasteiger charge is 2.19. The molecule has 0 aliphatic carbocycles. The SMILES string of the molecule is Cc1nnc2sc(C(=O)NCc3ccc(-c4ccnnc4)cc3)c(N)c2c1C. The van der Waals surface area contributed by atoms with Gasteiger partial charge in [0, 0.05) is 17.5 Å². The van der Waals surface area contributed by atoms with Gasteiger partial charge in [-0.3, -0.25) is 4.79 Å². The minimum absolute atomic E-state index is 0.208. The van der Waals surface area contributed by atoms with Gasteiger partial charge in [0.2, 0.25) is 0 Å². The summed E-state index contributed by atoms with van der Waals surface area (Å²) >= 11 is 1.27. The van der Waals surface area contributed by atoms with E-state index in [9.17, 15) is 4.79 Å². The number of carbonyl (C=O) groups is 1. The highest BCUT2D eigenvalue weighted by Crippen LogP contribution is 2.34. The molecule has 0 radical (unpaired) electrons. The molecule has 0 unspecified atom stereocenters. The van der Waals surface area contributed by atoms with Gasteiger partial charge < -0.3 is 11.1 Å². The Balaban J connectivity index is 1.50. The summed E-state index contributed by atoms with van der Waals surface area (Å²) in [6, 6.07) is 9.84. The molecule has 0 spiro atoms. The lowest BCUT2D eigenvalue weighted by Gasteiger charge is -2.06. The number of aryl methyl sites for hydroxylation is 2. The van der Waals surface area contributed by atoms with Gasteiger partial charge in [-0.05, 0) is 36.6 Å². The quantitative estimate of drug-likeness (QED) is 0.554. The first kappa shape index (κ1) is 18.0. The van der Waals surface area contributed by atoms with Crippen molar-refractivity contribution in [1.82, 2.24) is 25.7 Å². The van der Waals surface area contributed by atoms with Crippen LogP contribution in [0.2, 0.25) is 0 Å². The third kappa shape index (κ3) is 3.29. The van der Waals surface area contributed by atoms with Crippen molar-refractivity contribution in [1.29, 1.82) is 0 Å². The van der Waals surface area contributed by atoms with Crippen LogP contribution in [0.1, 0.15) is 26.5 Å². The molecular formula is C20H18N6OS. The normalized spacial score (nSPS) is 10.9. The van der Waals surface area contributed by atoms with E-state index in [0.717, 1.165) is 33.3 Å². The summed E-state index contributed by atoms with van der Waals surface area (Å²) in [6.45, 7) is 4.23. The highest BCUT2D eigenvalue weighted by molar-refractivity contribution is 7.21. The molecule has 3 aromatic heterocycles. The maximum atomic E-state index is 12.6. The van der Waals surface area contributed by atoms with E-state index in [-0.39, 0.29) is 5.91 Å². The fraction of sp³-hybridized carbons (Fsp3) is 0.150. The van der Waals surface area contributed by atoms with Crippen molar-refractivity contribution in [3.8, 4) is 11.1 Å². The van der Waals surface area contributed by atoms with Gasteiger partial charge in [-0.25, -0.2) is 0 Å². The van der Waals surface area contributed by atoms with Crippen molar-refractivity contribution in [2.45, 2.75) is 20.4 Å². The molecule has 140 valence electrons. The molecule has 0 aliphatic rings. The smallest absolute Gasteiger partial charge is 0.263 e. The van der Waals surface area contributed by atoms with Crippen LogP contribution in [-0.2, 0) is 6.54 Å². The summed E-state index contributed by atoms with van der Waals surface area (Å²) in [6.07, 6.45) is 3.38. The van der Waals surface area contributed by atoms with Gasteiger partial charge in [-0.1, -0.05) is 24.3 Å². The number of nitrogen functional groups attached to an aromatic ring is 1. The molecule has 0 fully saturated rings. The Morgan fingerprint density at radius 2 is 1.86 bits per heavy atom. The Morgan fingerprint density at radius 1 is 1.07 bits per heavy atom. The van der Waals surface area contributed by atoms with Gasteiger partial charge >= 0.3 is 0 Å². The second kappa shape index (κ2) is 7.32. The number of rotatable bonds is 4. The van der Waals surface area contributed by atoms with Crippen LogP contribution < -0.4 is 11.1 Å². The minimum Gasteiger partial charge on any atom is -0.397 e. The Kier molecular flexibility index (Phi) is 4.70. The number of nitrogens with two attached hydrogens (primary N) is 1. The van der Waals surface area contributed by atoms with Gasteiger partial charge in [0.05, 0.1) is 23.8 Å². The second-order valence-electron chi connectivity index (χ2n) is 6.45. The maximum Gasteiger partial charge on any atom is 0.263 e. The third-order valence-electron chi connectivity index (χ3n) is 4.67. The van der Waals surface area contributed by atoms with Gasteiger partial charge in [-0.15, -0.1) is 16.4 Å². The van der Waals surface area contributed by atoms with E-state index in [0.29, 0.717) is 21.9 Å². The maximum absolute atomic E-state index is 12.6. The summed E-state index contributed by atoms with van der Waals surface area (Å²) < 4.78 is 0. The van der Waals surface area contributed by atoms with Crippen LogP contribution in [-0.4, -0.2) is 26.3 Å². The molecule has 28 heavy (non-hydrogen) atoms. The monoisotopic (exact) mass is 390 g/mol. The average molecular weight is 390 g/mol. The van der Waals surface area contributed by atoms with E-state index in [1.165, 1.54) is 11.3 Å². The predicted molar refractivity (Wildman–Crippen MR) is 110 cm³/mol. The summed E-state index contributed by atoms with van der Waals surface area (Å²) in [5.41, 5.74) is 11.5. The number of carbonyl (C=O) groups excluding carboxylic acids is 1. The summed E-state index contributed by atoms with van der Waals surface area (Å²) in [7, 11) is 0. The fourth-order valence-corrected chi connectivity index (χ4v) is 3.97. The molecule has 1 aromatic carbocycles. The number of aromatic nitrogens is 4. The molecule has 4 aromatic rings. The second-order valence-corrected chi connectivity index (χ2v) is 7.45. The fourth-order valence-electron chi connectivity index (χ4n) is 2.95. The van der Waals surface area contributed by atoms with Crippen molar-refractivity contribution in [3.05, 3.63) is 64.4 Å². The number of anilines is 1. The summed E-state index contributed by atoms with van der Waals surface area (Å²) in [4.78, 5) is 13.8. The van der Waals surface area contributed by atoms with Gasteiger partial charge in [-0.2, -0.15) is 15.3 Å². The Labute approximate surface area is 165 Å². The first-order chi connectivity index (χ1) is 13.5. The molecule has 0 bridgehead atoms. The summed E-state index contributed by atoms with van der Waals surface area (Å²) in [5, 5.41) is 19.7. The predicted octanol–water partition coefficient (Wildman–Crippen LogP) is 3.28. The lowest BCUT2D eigenvalue weighted by atomic mass is 10.1. The van der Waals surface area contributed by atoms with E-state index < -0.39 is 0 Å². The number of amides is 1. The number of benzene rings is 1. The van der Waals surface area contributed by atoms with Gasteiger partial charge in [0.25, 0.3) is 5.91 Å². The molecule has 4 rings (SSSR count). The van der Waals surface area contributed by atoms with Gasteiger partial charge in [0.1, 0.15) is 9.71 Å². The van der Waals surface area contributed by atoms with Crippen LogP contribution in [0, 0.1) is 13.8 Å². The lowest BCUT2D eigenvalue weighted by Crippen LogP contribution is -2.22. The minimum atomic E-state index is -0.208. The first-order valence-corrected chi connectivity index (χ1v) is 9.52. The Morgan fingerprint density at radius 3 is 2.57 bits per heavy atom. The van der Waals surface area contributed by atoms with E-state index in [2.05, 4.69) is 25.7 Å². The molecule has 8 heteroatoms. The average Bonchev–Trinajstić information content (AvgIpc) is 3.07. The van der Waals surface area contributed by atoms with Gasteiger partial charge in [0.15, 0.2) is 0 Å². The number of hydrogen-bond acceptors (Lipinski definition) is 7. The number of thiophene rings is 1. The standard InChI is InChI=1S/C20H18N6OS/c1-11-12(2)25-26-20-16(11)17(21)18(28-20)19(27)22-9-13-3-5-14(6-4-13)15-7-8-23-24-10-15/h3-8,10H,9,21H2,1-2H3,(H,22,27). The van der Waals surface area contributed by atoms with Crippen LogP contribution in [0.3, 0.4) is 0 Å². The van der Waals surface area contributed by atoms with Crippen LogP contribution in [0.4, 0.5) is 5.69 Å². The zero-order chi connectivity index (χ0) is 19.7. The molecule has 7 nitrogen and oxygen atoms in total. The van der Waals surface area contributed by atoms with Crippen molar-refractivity contribution >= 4 is 33.1 Å². The number of nitrogens with one attached hydrogen (secondary N) is 1. The molecular weight excluding hydrogens is 372 g/mol. The molecule has 0 saturated carbocycles. The molecule has 3 N–H and O–H groups in total. The molecule has 0 saturated heterocycles. The largest absolute Gasteiger partial charge is 0.397 e. The third-order valence-corrected chi connectivity index (χ3v) is 5.75. The number of fused-ring (bicyclic) bond motifs is 1. The lowest BCUT2D eigenvalue weighted by molar-refractivity contribution is 0.0956. The number of nitrogens with zero attached hydrogens (tertiary/aromatic N) is 4. The van der Waals surface area contributed by atoms with E-state index >= 15 is 0 Å². The highest BCUT2D eigenvalue weighted by atomic mass is 32.1. The van der Waals surface area contributed by atoms with Crippen LogP contribution in [0.5, 0.6) is 0 Å². The molecule has 3 heterocycles. The zero-order valence-electron chi connectivity index (χ0n) is 15.4. The Bertz CT molecular complexity index is 1160. The van der Waals surface area contributed by atoms with Crippen molar-refractivity contribution < 1.29 is 4.79 Å². The van der Waals surface area contributed by atoms with Crippen LogP contribution in [0.25, 0.3) is 21.3 Å².